The van der Waals surface area contributed by atoms with Crippen LogP contribution >= 0.6 is 0 Å². The number of urea groups is 1. The Morgan fingerprint density at radius 2 is 1.59 bits per heavy atom. The third-order valence-electron chi connectivity index (χ3n) is 6.30. The van der Waals surface area contributed by atoms with Gasteiger partial charge in [0.1, 0.15) is 6.04 Å². The lowest BCUT2D eigenvalue weighted by Gasteiger charge is -2.32. The Hall–Kier alpha value is -3.22. The fraction of sp³-hybridized carbons (Fsp3) is 0.440. The van der Waals surface area contributed by atoms with Crippen molar-refractivity contribution in [1.29, 1.82) is 0 Å². The average Bonchev–Trinajstić information content (AvgIpc) is 3.37. The number of carbonyl (C=O) groups excluding carboxylic acids is 2. The van der Waals surface area contributed by atoms with Gasteiger partial charge in [0.15, 0.2) is 11.5 Å². The number of nitrogens with zero attached hydrogens (tertiary/aromatic N) is 2. The first kappa shape index (κ1) is 22.0. The van der Waals surface area contributed by atoms with Crippen LogP contribution in [0.15, 0.2) is 42.5 Å². The molecule has 0 bridgehead atoms. The third kappa shape index (κ3) is 4.82. The largest absolute Gasteiger partial charge is 0.493 e. The third-order valence-corrected chi connectivity index (χ3v) is 6.30. The highest BCUT2D eigenvalue weighted by Gasteiger charge is 2.30. The molecular formula is C25H31N3O4. The Balaban J connectivity index is 1.48. The van der Waals surface area contributed by atoms with Gasteiger partial charge in [-0.2, -0.15) is 0 Å². The SMILES string of the molecule is COc1cc2c(cc1OC)CN(C(=O)N[C@@H](Cc1ccccc1)C(=O)N1CCCC1)CC2. The summed E-state index contributed by atoms with van der Waals surface area (Å²) >= 11 is 0. The van der Waals surface area contributed by atoms with Crippen LogP contribution in [0.2, 0.25) is 0 Å². The first-order valence-electron chi connectivity index (χ1n) is 11.2. The second kappa shape index (κ2) is 9.94. The van der Waals surface area contributed by atoms with Crippen molar-refractivity contribution in [1.82, 2.24) is 15.1 Å². The Kier molecular flexibility index (Phi) is 6.83. The summed E-state index contributed by atoms with van der Waals surface area (Å²) in [5, 5.41) is 3.03. The molecule has 2 aliphatic rings. The molecule has 0 saturated carbocycles. The fourth-order valence-electron chi connectivity index (χ4n) is 4.50. The van der Waals surface area contributed by atoms with Crippen LogP contribution < -0.4 is 14.8 Å². The molecule has 32 heavy (non-hydrogen) atoms. The van der Waals surface area contributed by atoms with E-state index in [1.54, 1.807) is 19.1 Å². The molecule has 170 valence electrons. The first-order chi connectivity index (χ1) is 15.6. The maximum atomic E-state index is 13.2. The molecule has 1 atom stereocenters. The predicted molar refractivity (Wildman–Crippen MR) is 122 cm³/mol. The van der Waals surface area contributed by atoms with Gasteiger partial charge in [-0.15, -0.1) is 0 Å². The Morgan fingerprint density at radius 1 is 0.938 bits per heavy atom. The van der Waals surface area contributed by atoms with E-state index in [9.17, 15) is 9.59 Å². The van der Waals surface area contributed by atoms with Crippen LogP contribution in [-0.2, 0) is 24.2 Å². The number of methoxy groups -OCH3 is 2. The Labute approximate surface area is 189 Å². The lowest BCUT2D eigenvalue weighted by atomic mass is 9.99. The van der Waals surface area contributed by atoms with Crippen LogP contribution in [0, 0.1) is 0 Å². The minimum absolute atomic E-state index is 0.00326. The smallest absolute Gasteiger partial charge is 0.318 e. The van der Waals surface area contributed by atoms with Gasteiger partial charge in [0.2, 0.25) is 5.91 Å². The standard InChI is InChI=1S/C25H31N3O4/c1-31-22-15-19-10-13-28(17-20(19)16-23(22)32-2)25(30)26-21(14-18-8-4-3-5-9-18)24(29)27-11-6-7-12-27/h3-5,8-9,15-16,21H,6-7,10-14,17H2,1-2H3,(H,26,30)/t21-/m0/s1. The van der Waals surface area contributed by atoms with E-state index in [0.29, 0.717) is 31.0 Å². The quantitative estimate of drug-likeness (QED) is 0.754. The van der Waals surface area contributed by atoms with Gasteiger partial charge in [-0.3, -0.25) is 4.79 Å². The van der Waals surface area contributed by atoms with Crippen molar-refractivity contribution in [3.8, 4) is 11.5 Å². The van der Waals surface area contributed by atoms with Crippen LogP contribution in [0.1, 0.15) is 29.5 Å². The van der Waals surface area contributed by atoms with E-state index in [1.165, 1.54) is 0 Å². The number of fused-ring (bicyclic) bond motifs is 1. The molecule has 2 aromatic rings. The molecule has 3 amide bonds. The summed E-state index contributed by atoms with van der Waals surface area (Å²) in [6.45, 7) is 2.58. The van der Waals surface area contributed by atoms with Crippen LogP contribution in [0.3, 0.4) is 0 Å². The van der Waals surface area contributed by atoms with Gasteiger partial charge in [-0.05, 0) is 48.1 Å². The van der Waals surface area contributed by atoms with E-state index in [4.69, 9.17) is 9.47 Å². The number of nitrogens with one attached hydrogen (secondary N) is 1. The molecule has 2 aliphatic heterocycles. The molecule has 2 aromatic carbocycles. The van der Waals surface area contributed by atoms with Crippen LogP contribution in [0.25, 0.3) is 0 Å². The average molecular weight is 438 g/mol. The molecule has 0 aromatic heterocycles. The van der Waals surface area contributed by atoms with Gasteiger partial charge in [0, 0.05) is 32.6 Å². The predicted octanol–water partition coefficient (Wildman–Crippen LogP) is 3.01. The molecule has 1 fully saturated rings. The molecule has 4 rings (SSSR count). The zero-order valence-corrected chi connectivity index (χ0v) is 18.8. The number of likely N-dealkylation sites (tertiary alicyclic amines) is 1. The molecule has 1 saturated heterocycles. The van der Waals surface area contributed by atoms with Crippen molar-refractivity contribution in [2.75, 3.05) is 33.9 Å². The van der Waals surface area contributed by atoms with Gasteiger partial charge >= 0.3 is 6.03 Å². The van der Waals surface area contributed by atoms with Gasteiger partial charge in [0.25, 0.3) is 0 Å². The molecule has 1 N–H and O–H groups in total. The zero-order chi connectivity index (χ0) is 22.5. The maximum absolute atomic E-state index is 13.2. The highest BCUT2D eigenvalue weighted by Crippen LogP contribution is 2.33. The lowest BCUT2D eigenvalue weighted by molar-refractivity contribution is -0.132. The summed E-state index contributed by atoms with van der Waals surface area (Å²) in [7, 11) is 3.23. The van der Waals surface area contributed by atoms with Gasteiger partial charge < -0.3 is 24.6 Å². The van der Waals surface area contributed by atoms with E-state index < -0.39 is 6.04 Å². The first-order valence-corrected chi connectivity index (χ1v) is 11.2. The van der Waals surface area contributed by atoms with E-state index in [-0.39, 0.29) is 11.9 Å². The maximum Gasteiger partial charge on any atom is 0.318 e. The van der Waals surface area contributed by atoms with Crippen molar-refractivity contribution in [3.05, 3.63) is 59.2 Å². The van der Waals surface area contributed by atoms with Crippen molar-refractivity contribution in [2.24, 2.45) is 0 Å². The van der Waals surface area contributed by atoms with Gasteiger partial charge in [-0.1, -0.05) is 30.3 Å². The monoisotopic (exact) mass is 437 g/mol. The fourth-order valence-corrected chi connectivity index (χ4v) is 4.50. The molecule has 7 heteroatoms. The number of rotatable bonds is 6. The van der Waals surface area contributed by atoms with E-state index in [0.717, 1.165) is 49.0 Å². The van der Waals surface area contributed by atoms with Crippen LogP contribution in [-0.4, -0.2) is 61.6 Å². The number of hydrogen-bond donors (Lipinski definition) is 1. The molecule has 0 unspecified atom stereocenters. The summed E-state index contributed by atoms with van der Waals surface area (Å²) < 4.78 is 10.8. The molecule has 2 heterocycles. The lowest BCUT2D eigenvalue weighted by Crippen LogP contribution is -2.53. The number of amides is 3. The van der Waals surface area contributed by atoms with Crippen molar-refractivity contribution < 1.29 is 19.1 Å². The molecule has 0 radical (unpaired) electrons. The summed E-state index contributed by atoms with van der Waals surface area (Å²) in [6, 6.07) is 13.0. The van der Waals surface area contributed by atoms with E-state index >= 15 is 0 Å². The summed E-state index contributed by atoms with van der Waals surface area (Å²) in [4.78, 5) is 30.0. The highest BCUT2D eigenvalue weighted by molar-refractivity contribution is 5.87. The number of hydrogen-bond acceptors (Lipinski definition) is 4. The normalized spacial score (nSPS) is 16.3. The van der Waals surface area contributed by atoms with Crippen LogP contribution in [0.5, 0.6) is 11.5 Å². The molecule has 7 nitrogen and oxygen atoms in total. The van der Waals surface area contributed by atoms with Crippen molar-refractivity contribution in [3.63, 3.8) is 0 Å². The molecule has 0 spiro atoms. The zero-order valence-electron chi connectivity index (χ0n) is 18.8. The topological polar surface area (TPSA) is 71.1 Å². The highest BCUT2D eigenvalue weighted by atomic mass is 16.5. The second-order valence-electron chi connectivity index (χ2n) is 8.37. The number of ether oxygens (including phenoxy) is 2. The van der Waals surface area contributed by atoms with E-state index in [2.05, 4.69) is 5.32 Å². The summed E-state index contributed by atoms with van der Waals surface area (Å²) in [6.07, 6.45) is 3.25. The minimum Gasteiger partial charge on any atom is -0.493 e. The van der Waals surface area contributed by atoms with Crippen molar-refractivity contribution in [2.45, 2.75) is 38.3 Å². The summed E-state index contributed by atoms with van der Waals surface area (Å²) in [5.41, 5.74) is 3.22. The number of benzene rings is 2. The minimum atomic E-state index is -0.574. The van der Waals surface area contributed by atoms with Crippen LogP contribution in [0.4, 0.5) is 4.79 Å². The number of carbonyl (C=O) groups is 2. The molecular weight excluding hydrogens is 406 g/mol. The molecule has 0 aliphatic carbocycles. The summed E-state index contributed by atoms with van der Waals surface area (Å²) in [5.74, 6) is 1.35. The van der Waals surface area contributed by atoms with E-state index in [1.807, 2.05) is 47.4 Å². The van der Waals surface area contributed by atoms with Gasteiger partial charge in [-0.25, -0.2) is 4.79 Å². The van der Waals surface area contributed by atoms with Crippen molar-refractivity contribution >= 4 is 11.9 Å². The van der Waals surface area contributed by atoms with Gasteiger partial charge in [0.05, 0.1) is 14.2 Å². The Bertz CT molecular complexity index is 957. The Morgan fingerprint density at radius 3 is 2.25 bits per heavy atom. The second-order valence-corrected chi connectivity index (χ2v) is 8.37.